The Hall–Kier alpha value is -1.88. The molecule has 0 radical (unpaired) electrons. The van der Waals surface area contributed by atoms with Crippen LogP contribution in [0.25, 0.3) is 10.8 Å². The maximum absolute atomic E-state index is 12.1. The molecule has 2 aromatic rings. The van der Waals surface area contributed by atoms with Gasteiger partial charge in [0.15, 0.2) is 0 Å². The molecule has 1 saturated heterocycles. The Bertz CT molecular complexity index is 713. The van der Waals surface area contributed by atoms with Crippen LogP contribution in [0.4, 0.5) is 5.69 Å². The summed E-state index contributed by atoms with van der Waals surface area (Å²) in [7, 11) is 0. The van der Waals surface area contributed by atoms with Gasteiger partial charge in [-0.2, -0.15) is 0 Å². The van der Waals surface area contributed by atoms with Gasteiger partial charge >= 0.3 is 5.97 Å². The van der Waals surface area contributed by atoms with Gasteiger partial charge in [0.25, 0.3) is 0 Å². The summed E-state index contributed by atoms with van der Waals surface area (Å²) < 4.78 is 0.957. The van der Waals surface area contributed by atoms with Crippen LogP contribution in [0.1, 0.15) is 6.42 Å². The molecular formula is C15H12BrNO3. The van der Waals surface area contributed by atoms with Crippen LogP contribution < -0.4 is 4.90 Å². The number of rotatable bonds is 2. The SMILES string of the molecule is O=C(O)C1CC(=O)N(c2ccc(Br)c3ccccc23)C1. The van der Waals surface area contributed by atoms with Crippen molar-refractivity contribution in [2.45, 2.75) is 6.42 Å². The van der Waals surface area contributed by atoms with Crippen molar-refractivity contribution in [2.24, 2.45) is 5.92 Å². The highest BCUT2D eigenvalue weighted by Crippen LogP contribution is 2.35. The third-order valence-electron chi connectivity index (χ3n) is 3.61. The second-order valence-electron chi connectivity index (χ2n) is 4.86. The number of amides is 1. The van der Waals surface area contributed by atoms with Gasteiger partial charge in [-0.05, 0) is 17.5 Å². The van der Waals surface area contributed by atoms with E-state index in [-0.39, 0.29) is 18.9 Å². The number of hydrogen-bond acceptors (Lipinski definition) is 2. The van der Waals surface area contributed by atoms with Crippen molar-refractivity contribution in [3.8, 4) is 0 Å². The minimum Gasteiger partial charge on any atom is -0.481 e. The predicted molar refractivity (Wildman–Crippen MR) is 79.7 cm³/mol. The van der Waals surface area contributed by atoms with E-state index in [0.717, 1.165) is 20.9 Å². The molecule has 5 heteroatoms. The summed E-state index contributed by atoms with van der Waals surface area (Å²) in [4.78, 5) is 24.7. The van der Waals surface area contributed by atoms with Crippen LogP contribution in [0.2, 0.25) is 0 Å². The zero-order valence-corrected chi connectivity index (χ0v) is 12.1. The molecule has 1 fully saturated rings. The Morgan fingerprint density at radius 1 is 1.20 bits per heavy atom. The molecule has 1 atom stereocenters. The van der Waals surface area contributed by atoms with E-state index in [9.17, 15) is 9.59 Å². The van der Waals surface area contributed by atoms with Crippen LogP contribution in [-0.4, -0.2) is 23.5 Å². The molecule has 0 bridgehead atoms. The van der Waals surface area contributed by atoms with Crippen LogP contribution in [0.15, 0.2) is 40.9 Å². The number of hydrogen-bond donors (Lipinski definition) is 1. The first-order valence-corrected chi connectivity index (χ1v) is 7.07. The van der Waals surface area contributed by atoms with Crippen LogP contribution >= 0.6 is 15.9 Å². The maximum Gasteiger partial charge on any atom is 0.308 e. The van der Waals surface area contributed by atoms with Gasteiger partial charge in [0.1, 0.15) is 0 Å². The molecule has 4 nitrogen and oxygen atoms in total. The van der Waals surface area contributed by atoms with E-state index < -0.39 is 11.9 Å². The van der Waals surface area contributed by atoms with E-state index >= 15 is 0 Å². The van der Waals surface area contributed by atoms with Crippen molar-refractivity contribution < 1.29 is 14.7 Å². The molecule has 3 rings (SSSR count). The van der Waals surface area contributed by atoms with Gasteiger partial charge in [-0.15, -0.1) is 0 Å². The Morgan fingerprint density at radius 3 is 2.55 bits per heavy atom. The molecule has 20 heavy (non-hydrogen) atoms. The molecule has 0 aliphatic carbocycles. The Kier molecular flexibility index (Phi) is 3.22. The van der Waals surface area contributed by atoms with Crippen molar-refractivity contribution in [1.29, 1.82) is 0 Å². The quantitative estimate of drug-likeness (QED) is 0.918. The lowest BCUT2D eigenvalue weighted by atomic mass is 10.1. The predicted octanol–water partition coefficient (Wildman–Crippen LogP) is 3.04. The van der Waals surface area contributed by atoms with Crippen molar-refractivity contribution in [3.05, 3.63) is 40.9 Å². The highest BCUT2D eigenvalue weighted by Gasteiger charge is 2.35. The number of carbonyl (C=O) groups excluding carboxylic acids is 1. The zero-order chi connectivity index (χ0) is 14.3. The average molecular weight is 334 g/mol. The molecule has 1 amide bonds. The summed E-state index contributed by atoms with van der Waals surface area (Å²) in [6, 6.07) is 11.5. The van der Waals surface area contributed by atoms with E-state index in [0.29, 0.717) is 0 Å². The molecule has 1 aliphatic rings. The van der Waals surface area contributed by atoms with Crippen LogP contribution in [0, 0.1) is 5.92 Å². The normalized spacial score (nSPS) is 18.8. The summed E-state index contributed by atoms with van der Waals surface area (Å²) in [5.74, 6) is -1.67. The van der Waals surface area contributed by atoms with E-state index in [1.54, 1.807) is 4.90 Å². The minimum absolute atomic E-state index is 0.0692. The minimum atomic E-state index is -0.915. The van der Waals surface area contributed by atoms with E-state index in [1.807, 2.05) is 36.4 Å². The van der Waals surface area contributed by atoms with Crippen LogP contribution in [0.3, 0.4) is 0 Å². The van der Waals surface area contributed by atoms with Gasteiger partial charge in [-0.3, -0.25) is 9.59 Å². The number of anilines is 1. The number of carboxylic acid groups (broad SMARTS) is 1. The van der Waals surface area contributed by atoms with E-state index in [1.165, 1.54) is 0 Å². The Labute approximate surface area is 124 Å². The molecule has 1 aliphatic heterocycles. The van der Waals surface area contributed by atoms with Gasteiger partial charge in [0, 0.05) is 22.8 Å². The summed E-state index contributed by atoms with van der Waals surface area (Å²) in [6.07, 6.45) is 0.0692. The molecule has 0 saturated carbocycles. The smallest absolute Gasteiger partial charge is 0.308 e. The molecule has 1 heterocycles. The number of carbonyl (C=O) groups is 2. The highest BCUT2D eigenvalue weighted by molar-refractivity contribution is 9.10. The number of halogens is 1. The molecule has 2 aromatic carbocycles. The van der Waals surface area contributed by atoms with E-state index in [2.05, 4.69) is 15.9 Å². The molecule has 102 valence electrons. The summed E-state index contributed by atoms with van der Waals surface area (Å²) in [5, 5.41) is 11.0. The number of carboxylic acids is 1. The largest absolute Gasteiger partial charge is 0.481 e. The molecule has 0 spiro atoms. The first kappa shape index (κ1) is 13.1. The lowest BCUT2D eigenvalue weighted by molar-refractivity contribution is -0.141. The molecule has 1 unspecified atom stereocenters. The van der Waals surface area contributed by atoms with Gasteiger partial charge in [0.2, 0.25) is 5.91 Å². The van der Waals surface area contributed by atoms with Crippen LogP contribution in [0.5, 0.6) is 0 Å². The summed E-state index contributed by atoms with van der Waals surface area (Å²) >= 11 is 3.49. The number of fused-ring (bicyclic) bond motifs is 1. The molecular weight excluding hydrogens is 322 g/mol. The second kappa shape index (κ2) is 4.90. The highest BCUT2D eigenvalue weighted by atomic mass is 79.9. The number of nitrogens with zero attached hydrogens (tertiary/aromatic N) is 1. The Balaban J connectivity index is 2.09. The third kappa shape index (κ3) is 2.08. The van der Waals surface area contributed by atoms with Crippen molar-refractivity contribution >= 4 is 44.3 Å². The van der Waals surface area contributed by atoms with Gasteiger partial charge in [-0.25, -0.2) is 0 Å². The second-order valence-corrected chi connectivity index (χ2v) is 5.71. The topological polar surface area (TPSA) is 57.6 Å². The average Bonchev–Trinajstić information content (AvgIpc) is 2.82. The first-order chi connectivity index (χ1) is 9.58. The standard InChI is InChI=1S/C15H12BrNO3/c16-12-5-6-13(11-4-2-1-3-10(11)12)17-8-9(15(19)20)7-14(17)18/h1-6,9H,7-8H2,(H,19,20). The zero-order valence-electron chi connectivity index (χ0n) is 10.5. The lowest BCUT2D eigenvalue weighted by Gasteiger charge is -2.19. The first-order valence-electron chi connectivity index (χ1n) is 6.28. The van der Waals surface area contributed by atoms with E-state index in [4.69, 9.17) is 5.11 Å². The fourth-order valence-corrected chi connectivity index (χ4v) is 3.07. The van der Waals surface area contributed by atoms with Crippen LogP contribution in [-0.2, 0) is 9.59 Å². The van der Waals surface area contributed by atoms with Crippen molar-refractivity contribution in [2.75, 3.05) is 11.4 Å². The van der Waals surface area contributed by atoms with Gasteiger partial charge in [0.05, 0.1) is 11.6 Å². The molecule has 1 N–H and O–H groups in total. The Morgan fingerprint density at radius 2 is 1.90 bits per heavy atom. The summed E-state index contributed by atoms with van der Waals surface area (Å²) in [5.41, 5.74) is 0.776. The molecule has 0 aromatic heterocycles. The summed E-state index contributed by atoms with van der Waals surface area (Å²) in [6.45, 7) is 0.236. The monoisotopic (exact) mass is 333 g/mol. The number of benzene rings is 2. The van der Waals surface area contributed by atoms with Gasteiger partial charge in [-0.1, -0.05) is 40.2 Å². The third-order valence-corrected chi connectivity index (χ3v) is 4.30. The maximum atomic E-state index is 12.1. The fourth-order valence-electron chi connectivity index (χ4n) is 2.59. The van der Waals surface area contributed by atoms with Gasteiger partial charge < -0.3 is 10.0 Å². The van der Waals surface area contributed by atoms with Crippen molar-refractivity contribution in [1.82, 2.24) is 0 Å². The fraction of sp³-hybridized carbons (Fsp3) is 0.200. The van der Waals surface area contributed by atoms with Crippen molar-refractivity contribution in [3.63, 3.8) is 0 Å². The lowest BCUT2D eigenvalue weighted by Crippen LogP contribution is -2.25. The number of aliphatic carboxylic acids is 1.